The molecule has 0 aromatic heterocycles. The molecule has 2 aliphatic heterocycles. The van der Waals surface area contributed by atoms with Crippen molar-refractivity contribution in [3.63, 3.8) is 0 Å². The minimum atomic E-state index is -1.59. The molecule has 8 rings (SSSR count). The van der Waals surface area contributed by atoms with Crippen molar-refractivity contribution >= 4 is 86.6 Å². The number of amides is 4. The van der Waals surface area contributed by atoms with Crippen LogP contribution in [0, 0.1) is 27.2 Å². The maximum atomic E-state index is 15.5. The summed E-state index contributed by atoms with van der Waals surface area (Å²) < 4.78 is 11.5. The van der Waals surface area contributed by atoms with E-state index in [4.69, 9.17) is 32.7 Å². The Morgan fingerprint density at radius 1 is 0.893 bits per heavy atom. The van der Waals surface area contributed by atoms with Gasteiger partial charge in [0, 0.05) is 16.5 Å². The highest BCUT2D eigenvalue weighted by molar-refractivity contribution is 14.1. The number of aromatic hydroxyl groups is 1. The highest BCUT2D eigenvalue weighted by atomic mass is 127. The van der Waals surface area contributed by atoms with Gasteiger partial charge in [-0.1, -0.05) is 47.0 Å². The predicted octanol–water partition coefficient (Wildman–Crippen LogP) is 7.71. The molecule has 11 nitrogen and oxygen atoms in total. The summed E-state index contributed by atoms with van der Waals surface area (Å²) in [5.74, 6) is -5.55. The molecule has 0 unspecified atom stereocenters. The number of Topliss-reactive ketones (excluding diaryl/α,β-unsaturated/α-hetero) is 1. The van der Waals surface area contributed by atoms with Crippen molar-refractivity contribution in [2.45, 2.75) is 31.1 Å². The maximum Gasteiger partial charge on any atom is 0.260 e. The zero-order chi connectivity index (χ0) is 39.8. The van der Waals surface area contributed by atoms with Crippen LogP contribution in [-0.2, 0) is 24.6 Å². The van der Waals surface area contributed by atoms with Gasteiger partial charge in [-0.3, -0.25) is 34.3 Å². The fraction of sp³-hybridized carbons (Fsp3) is 0.262. The second-order valence-corrected chi connectivity index (χ2v) is 16.4. The number of fused-ring (bicyclic) bond motifs is 4. The van der Waals surface area contributed by atoms with Crippen LogP contribution in [0.1, 0.15) is 47.2 Å². The fourth-order valence-electron chi connectivity index (χ4n) is 9.23. The number of phenols is 1. The van der Waals surface area contributed by atoms with Gasteiger partial charge >= 0.3 is 0 Å². The first kappa shape index (κ1) is 38.0. The number of methoxy groups -OCH3 is 2. The number of hydrazine groups is 1. The van der Waals surface area contributed by atoms with Gasteiger partial charge in [-0.25, -0.2) is 0 Å². The van der Waals surface area contributed by atoms with E-state index in [1.165, 1.54) is 32.1 Å². The van der Waals surface area contributed by atoms with Gasteiger partial charge in [-0.2, -0.15) is 5.01 Å². The molecule has 2 aliphatic carbocycles. The van der Waals surface area contributed by atoms with E-state index in [0.717, 1.165) is 10.6 Å². The molecule has 4 aromatic rings. The molecule has 3 fully saturated rings. The lowest BCUT2D eigenvalue weighted by atomic mass is 9.49. The molecule has 2 heterocycles. The number of hydrogen-bond acceptors (Lipinski definition) is 9. The predicted molar refractivity (Wildman–Crippen MR) is 217 cm³/mol. The number of hydrogen-bond donors (Lipinski definition) is 2. The van der Waals surface area contributed by atoms with Gasteiger partial charge in [0.2, 0.25) is 11.8 Å². The molecule has 0 radical (unpaired) electrons. The van der Waals surface area contributed by atoms with Crippen molar-refractivity contribution in [2.75, 3.05) is 24.5 Å². The molecule has 0 bridgehead atoms. The molecular weight excluding hydrogens is 872 g/mol. The van der Waals surface area contributed by atoms with Crippen molar-refractivity contribution in [1.29, 1.82) is 0 Å². The Morgan fingerprint density at radius 2 is 1.61 bits per heavy atom. The van der Waals surface area contributed by atoms with E-state index < -0.39 is 52.7 Å². The van der Waals surface area contributed by atoms with E-state index >= 15 is 9.59 Å². The van der Waals surface area contributed by atoms with Gasteiger partial charge in [-0.05, 0) is 126 Å². The number of carbonyl (C=O) groups excluding carboxylic acids is 5. The minimum absolute atomic E-state index is 0.0646. The molecule has 0 spiro atoms. The summed E-state index contributed by atoms with van der Waals surface area (Å²) in [4.78, 5) is 72.5. The molecule has 4 amide bonds. The molecule has 4 aliphatic rings. The second kappa shape index (κ2) is 14.2. The minimum Gasteiger partial charge on any atom is -0.504 e. The highest BCUT2D eigenvalue weighted by Crippen LogP contribution is 2.64. The lowest BCUT2D eigenvalue weighted by Crippen LogP contribution is -2.53. The summed E-state index contributed by atoms with van der Waals surface area (Å²) in [6, 6.07) is 21.4. The van der Waals surface area contributed by atoms with Gasteiger partial charge in [0.05, 0.1) is 57.4 Å². The Hall–Kier alpha value is -4.92. The summed E-state index contributed by atoms with van der Waals surface area (Å²) in [5.41, 5.74) is 4.29. The van der Waals surface area contributed by atoms with Crippen molar-refractivity contribution in [2.24, 2.45) is 23.7 Å². The Kier molecular flexibility index (Phi) is 9.65. The Balaban J connectivity index is 1.33. The summed E-state index contributed by atoms with van der Waals surface area (Å²) in [6.07, 6.45) is 2.22. The average Bonchev–Trinajstić information content (AvgIpc) is 3.57. The van der Waals surface area contributed by atoms with Crippen LogP contribution in [0.5, 0.6) is 17.2 Å². The molecule has 1 saturated carbocycles. The van der Waals surface area contributed by atoms with Crippen LogP contribution in [0.3, 0.4) is 0 Å². The standard InChI is InChI=1S/C42H34Cl2IN3O8/c1-20(49)21-4-9-25(10-5-21)47-38(51)28-14-13-27-29(35(28)40(47)53)19-30-39(52)48(46-33-15-8-24(43)18-31(33)44)41(54)42(30,23-6-11-26(55-2)12-7-23)36(27)22-16-32(45)37(50)34(17-22)56-3/h4-13,15-18,28-30,35-36,46,50H,14,19H2,1-3H3/t28-,29+,30-,35-,36-,42+/m0/s1. The lowest BCUT2D eigenvalue weighted by molar-refractivity contribution is -0.138. The van der Waals surface area contributed by atoms with Crippen molar-refractivity contribution in [3.8, 4) is 17.2 Å². The smallest absolute Gasteiger partial charge is 0.260 e. The molecular formula is C42H34Cl2IN3O8. The number of benzene rings is 4. The first-order valence-electron chi connectivity index (χ1n) is 17.8. The number of nitrogens with zero attached hydrogens (tertiary/aromatic N) is 2. The van der Waals surface area contributed by atoms with Crippen molar-refractivity contribution in [3.05, 3.63) is 121 Å². The van der Waals surface area contributed by atoms with Crippen LogP contribution in [0.4, 0.5) is 11.4 Å². The number of phenolic OH excluding ortho intramolecular Hbond substituents is 1. The van der Waals surface area contributed by atoms with E-state index in [1.54, 1.807) is 72.8 Å². The van der Waals surface area contributed by atoms with Gasteiger partial charge in [0.25, 0.3) is 11.8 Å². The Bertz CT molecular complexity index is 2390. The highest BCUT2D eigenvalue weighted by Gasteiger charge is 2.70. The Labute approximate surface area is 345 Å². The van der Waals surface area contributed by atoms with E-state index in [0.29, 0.717) is 36.7 Å². The maximum absolute atomic E-state index is 15.5. The van der Waals surface area contributed by atoms with Crippen LogP contribution in [0.15, 0.2) is 90.5 Å². The monoisotopic (exact) mass is 905 g/mol. The number of rotatable bonds is 8. The third-order valence-corrected chi connectivity index (χ3v) is 13.1. The third kappa shape index (κ3) is 5.70. The zero-order valence-corrected chi connectivity index (χ0v) is 33.9. The van der Waals surface area contributed by atoms with E-state index in [-0.39, 0.29) is 46.7 Å². The molecule has 6 atom stereocenters. The summed E-state index contributed by atoms with van der Waals surface area (Å²) in [5, 5.41) is 12.5. The Morgan fingerprint density at radius 3 is 2.25 bits per heavy atom. The number of allylic oxidation sites excluding steroid dienone is 2. The molecule has 56 heavy (non-hydrogen) atoms. The third-order valence-electron chi connectivity index (χ3n) is 11.7. The van der Waals surface area contributed by atoms with Crippen molar-refractivity contribution < 1.29 is 38.6 Å². The van der Waals surface area contributed by atoms with Gasteiger partial charge in [0.15, 0.2) is 17.3 Å². The molecule has 2 saturated heterocycles. The first-order chi connectivity index (χ1) is 26.8. The summed E-state index contributed by atoms with van der Waals surface area (Å²) >= 11 is 14.7. The number of nitrogens with one attached hydrogen (secondary N) is 1. The van der Waals surface area contributed by atoms with Crippen LogP contribution in [-0.4, -0.2) is 53.7 Å². The van der Waals surface area contributed by atoms with Crippen molar-refractivity contribution in [1.82, 2.24) is 5.01 Å². The molecule has 2 N–H and O–H groups in total. The van der Waals surface area contributed by atoms with Gasteiger partial charge in [0.1, 0.15) is 5.75 Å². The van der Waals surface area contributed by atoms with Crippen LogP contribution < -0.4 is 19.8 Å². The number of anilines is 2. The van der Waals surface area contributed by atoms with E-state index in [2.05, 4.69) is 5.43 Å². The quantitative estimate of drug-likeness (QED) is 0.0787. The molecule has 286 valence electrons. The van der Waals surface area contributed by atoms with Gasteiger partial charge in [-0.15, -0.1) is 0 Å². The normalized spacial score (nSPS) is 25.4. The number of halogens is 3. The number of ether oxygens (including phenoxy) is 2. The SMILES string of the molecule is COc1ccc([C@@]23C(=O)N(Nc4ccc(Cl)cc4Cl)C(=O)[C@@H]2C[C@@H]2C(=CC[C@@H]4C(=O)N(c5ccc(C(C)=O)cc5)C(=O)[C@@H]42)[C@@H]3c2cc(I)c(O)c(OC)c2)cc1. The number of ketones is 1. The van der Waals surface area contributed by atoms with Crippen LogP contribution in [0.2, 0.25) is 10.0 Å². The summed E-state index contributed by atoms with van der Waals surface area (Å²) in [6.45, 7) is 1.44. The zero-order valence-electron chi connectivity index (χ0n) is 30.2. The van der Waals surface area contributed by atoms with Crippen LogP contribution in [0.25, 0.3) is 0 Å². The molecule has 14 heteroatoms. The van der Waals surface area contributed by atoms with E-state index in [1.807, 2.05) is 28.7 Å². The summed E-state index contributed by atoms with van der Waals surface area (Å²) in [7, 11) is 2.96. The lowest BCUT2D eigenvalue weighted by Gasteiger charge is -2.50. The van der Waals surface area contributed by atoms with Gasteiger partial charge < -0.3 is 14.6 Å². The number of imide groups is 2. The van der Waals surface area contributed by atoms with Crippen LogP contribution >= 0.6 is 45.8 Å². The molecule has 4 aromatic carbocycles. The van der Waals surface area contributed by atoms with E-state index in [9.17, 15) is 19.5 Å². The number of carbonyl (C=O) groups is 5. The second-order valence-electron chi connectivity index (χ2n) is 14.4. The topological polar surface area (TPSA) is 143 Å². The fourth-order valence-corrected chi connectivity index (χ4v) is 10.3. The average molecular weight is 907 g/mol. The largest absolute Gasteiger partial charge is 0.504 e. The first-order valence-corrected chi connectivity index (χ1v) is 19.6.